The molecular weight excluding hydrogens is 495 g/mol. The Labute approximate surface area is 219 Å². The molecule has 202 valence electrons. The average molecular weight is 527 g/mol. The van der Waals surface area contributed by atoms with Crippen molar-refractivity contribution >= 4 is 22.8 Å². The molecule has 0 aliphatic carbocycles. The Morgan fingerprint density at radius 1 is 1.13 bits per heavy atom. The first-order chi connectivity index (χ1) is 18.4. The van der Waals surface area contributed by atoms with Crippen LogP contribution in [-0.4, -0.2) is 97.0 Å². The number of fused-ring (bicyclic) bond motifs is 2. The van der Waals surface area contributed by atoms with Crippen LogP contribution in [0.3, 0.4) is 0 Å². The van der Waals surface area contributed by atoms with E-state index in [0.29, 0.717) is 29.1 Å². The molecule has 3 aliphatic rings. The predicted octanol–water partition coefficient (Wildman–Crippen LogP) is 2.94. The van der Waals surface area contributed by atoms with Crippen LogP contribution < -0.4 is 9.64 Å². The highest BCUT2D eigenvalue weighted by atomic mass is 19.1. The van der Waals surface area contributed by atoms with E-state index in [1.807, 2.05) is 24.3 Å². The molecule has 38 heavy (non-hydrogen) atoms. The molecule has 5 heterocycles. The second-order valence-corrected chi connectivity index (χ2v) is 10.2. The first-order valence-corrected chi connectivity index (χ1v) is 12.9. The van der Waals surface area contributed by atoms with E-state index in [1.54, 1.807) is 20.2 Å². The van der Waals surface area contributed by atoms with Crippen LogP contribution in [0.5, 0.6) is 5.88 Å². The average Bonchev–Trinajstić information content (AvgIpc) is 3.60. The molecule has 11 heteroatoms. The van der Waals surface area contributed by atoms with E-state index in [-0.39, 0.29) is 42.8 Å². The van der Waals surface area contributed by atoms with E-state index in [9.17, 15) is 9.90 Å². The van der Waals surface area contributed by atoms with E-state index in [0.717, 1.165) is 31.6 Å². The number of aromatic nitrogens is 2. The van der Waals surface area contributed by atoms with Crippen molar-refractivity contribution in [2.24, 2.45) is 0 Å². The van der Waals surface area contributed by atoms with Gasteiger partial charge in [-0.15, -0.1) is 0 Å². The number of aliphatic hydroxyl groups is 1. The highest BCUT2D eigenvalue weighted by molar-refractivity contribution is 5.81. The zero-order valence-electron chi connectivity index (χ0n) is 21.3. The molecule has 2 N–H and O–H groups in total. The maximum atomic E-state index is 15.1. The van der Waals surface area contributed by atoms with Crippen molar-refractivity contribution in [2.75, 3.05) is 45.3 Å². The quantitative estimate of drug-likeness (QED) is 0.523. The summed E-state index contributed by atoms with van der Waals surface area (Å²) in [6.45, 7) is 2.07. The normalized spacial score (nSPS) is 25.5. The van der Waals surface area contributed by atoms with Gasteiger partial charge in [-0.25, -0.2) is 14.2 Å². The second-order valence-electron chi connectivity index (χ2n) is 10.2. The number of piperidine rings is 1. The molecule has 1 unspecified atom stereocenters. The number of pyridine rings is 1. The molecule has 10 nitrogen and oxygen atoms in total. The highest BCUT2D eigenvalue weighted by Crippen LogP contribution is 2.32. The summed E-state index contributed by atoms with van der Waals surface area (Å²) < 4.78 is 37.8. The number of hydrogen-bond donors (Lipinski definition) is 2. The molecule has 0 saturated carbocycles. The number of H-pyrrole nitrogens is 1. The van der Waals surface area contributed by atoms with E-state index >= 15 is 4.39 Å². The monoisotopic (exact) mass is 526 g/mol. The SMILES string of the molecule is CN(C)C(=O)OC1CCN(c2ccc(-c3nc4cc(O[C@@H]5COC6[C@H](O)CO[C@@H]65)[nH]c4cc3F)cc2)CC1. The third kappa shape index (κ3) is 4.77. The van der Waals surface area contributed by atoms with Crippen LogP contribution in [-0.2, 0) is 14.2 Å². The lowest BCUT2D eigenvalue weighted by Gasteiger charge is -2.33. The van der Waals surface area contributed by atoms with Gasteiger partial charge in [-0.1, -0.05) is 12.1 Å². The molecule has 0 spiro atoms. The zero-order valence-corrected chi connectivity index (χ0v) is 21.3. The number of carbonyl (C=O) groups excluding carboxylic acids is 1. The summed E-state index contributed by atoms with van der Waals surface area (Å²) in [5.41, 5.74) is 3.07. The summed E-state index contributed by atoms with van der Waals surface area (Å²) in [4.78, 5) is 23.1. The minimum Gasteiger partial charge on any atom is -0.470 e. The Kier molecular flexibility index (Phi) is 6.58. The van der Waals surface area contributed by atoms with Gasteiger partial charge in [0.15, 0.2) is 17.8 Å². The molecule has 0 bridgehead atoms. The zero-order chi connectivity index (χ0) is 26.4. The number of aliphatic hydroxyl groups excluding tert-OH is 1. The Hall–Kier alpha value is -3.41. The van der Waals surface area contributed by atoms with Crippen molar-refractivity contribution in [2.45, 2.75) is 43.4 Å². The van der Waals surface area contributed by atoms with E-state index < -0.39 is 11.9 Å². The largest absolute Gasteiger partial charge is 0.470 e. The fourth-order valence-corrected chi connectivity index (χ4v) is 5.29. The van der Waals surface area contributed by atoms with Crippen LogP contribution in [0.15, 0.2) is 36.4 Å². The van der Waals surface area contributed by atoms with Crippen molar-refractivity contribution < 1.29 is 33.2 Å². The number of rotatable bonds is 5. The molecule has 4 atom stereocenters. The van der Waals surface area contributed by atoms with Crippen LogP contribution in [0.25, 0.3) is 22.3 Å². The van der Waals surface area contributed by atoms with Crippen LogP contribution in [0.4, 0.5) is 14.9 Å². The molecule has 3 aromatic rings. The molecule has 0 radical (unpaired) electrons. The Bertz CT molecular complexity index is 1310. The minimum atomic E-state index is -0.652. The number of aromatic amines is 1. The van der Waals surface area contributed by atoms with Crippen molar-refractivity contribution in [3.05, 3.63) is 42.2 Å². The van der Waals surface area contributed by atoms with Crippen molar-refractivity contribution in [3.63, 3.8) is 0 Å². The van der Waals surface area contributed by atoms with Crippen LogP contribution in [0, 0.1) is 5.82 Å². The van der Waals surface area contributed by atoms with Crippen LogP contribution in [0.1, 0.15) is 12.8 Å². The lowest BCUT2D eigenvalue weighted by molar-refractivity contribution is 0.00794. The number of amides is 1. The van der Waals surface area contributed by atoms with Gasteiger partial charge in [-0.2, -0.15) is 0 Å². The fourth-order valence-electron chi connectivity index (χ4n) is 5.29. The Morgan fingerprint density at radius 3 is 2.61 bits per heavy atom. The van der Waals surface area contributed by atoms with Gasteiger partial charge in [0.25, 0.3) is 0 Å². The third-order valence-corrected chi connectivity index (χ3v) is 7.37. The molecule has 2 aromatic heterocycles. The molecule has 3 fully saturated rings. The standard InChI is InChI=1S/C27H31FN4O6/c1-31(2)27(34)37-17-7-9-32(10-8-17)16-5-3-15(4-6-16)24-18(28)11-19-20(30-24)12-23(29-19)38-22-14-36-25-21(33)13-35-26(22)25/h3-6,11-12,17,21-22,25-26,29,33H,7-10,13-14H2,1-2H3/t21-,22-,25?,26-/m1/s1. The van der Waals surface area contributed by atoms with Gasteiger partial charge in [-0.3, -0.25) is 0 Å². The number of carbonyl (C=O) groups is 1. The minimum absolute atomic E-state index is 0.0828. The highest BCUT2D eigenvalue weighted by Gasteiger charge is 2.48. The lowest BCUT2D eigenvalue weighted by atomic mass is 10.1. The maximum Gasteiger partial charge on any atom is 0.409 e. The summed E-state index contributed by atoms with van der Waals surface area (Å²) >= 11 is 0. The number of anilines is 1. The van der Waals surface area contributed by atoms with Gasteiger partial charge in [0.2, 0.25) is 0 Å². The summed E-state index contributed by atoms with van der Waals surface area (Å²) in [6.07, 6.45) is -0.631. The molecule has 6 rings (SSSR count). The lowest BCUT2D eigenvalue weighted by Crippen LogP contribution is -2.39. The van der Waals surface area contributed by atoms with Gasteiger partial charge in [-0.05, 0) is 12.1 Å². The first kappa shape index (κ1) is 24.9. The second kappa shape index (κ2) is 10.0. The summed E-state index contributed by atoms with van der Waals surface area (Å²) in [5, 5.41) is 9.93. The van der Waals surface area contributed by atoms with Crippen molar-refractivity contribution in [1.82, 2.24) is 14.9 Å². The number of nitrogens with zero attached hydrogens (tertiary/aromatic N) is 3. The van der Waals surface area contributed by atoms with E-state index in [4.69, 9.17) is 18.9 Å². The topological polar surface area (TPSA) is 109 Å². The number of nitrogens with one attached hydrogen (secondary N) is 1. The summed E-state index contributed by atoms with van der Waals surface area (Å²) in [7, 11) is 3.35. The summed E-state index contributed by atoms with van der Waals surface area (Å²) in [5.74, 6) is 0.00647. The molecule has 1 aromatic carbocycles. The smallest absolute Gasteiger partial charge is 0.409 e. The Balaban J connectivity index is 1.12. The van der Waals surface area contributed by atoms with Crippen LogP contribution >= 0.6 is 0 Å². The molecule has 1 amide bonds. The van der Waals surface area contributed by atoms with Gasteiger partial charge < -0.3 is 38.8 Å². The van der Waals surface area contributed by atoms with Gasteiger partial charge in [0.05, 0.1) is 24.2 Å². The number of benzene rings is 1. The Morgan fingerprint density at radius 2 is 1.87 bits per heavy atom. The predicted molar refractivity (Wildman–Crippen MR) is 137 cm³/mol. The maximum absolute atomic E-state index is 15.1. The van der Waals surface area contributed by atoms with Crippen LogP contribution in [0.2, 0.25) is 0 Å². The van der Waals surface area contributed by atoms with Gasteiger partial charge in [0, 0.05) is 63.4 Å². The van der Waals surface area contributed by atoms with Crippen molar-refractivity contribution in [1.29, 1.82) is 0 Å². The fraction of sp³-hybridized carbons (Fsp3) is 0.481. The number of hydrogen-bond acceptors (Lipinski definition) is 8. The first-order valence-electron chi connectivity index (χ1n) is 12.9. The van der Waals surface area contributed by atoms with Gasteiger partial charge >= 0.3 is 6.09 Å². The number of ether oxygens (including phenoxy) is 4. The number of halogens is 1. The molecule has 3 saturated heterocycles. The summed E-state index contributed by atoms with van der Waals surface area (Å²) in [6, 6.07) is 10.8. The van der Waals surface area contributed by atoms with E-state index in [1.165, 1.54) is 11.0 Å². The molecular formula is C27H31FN4O6. The van der Waals surface area contributed by atoms with Crippen molar-refractivity contribution in [3.8, 4) is 17.1 Å². The van der Waals surface area contributed by atoms with Gasteiger partial charge in [0.1, 0.15) is 30.1 Å². The third-order valence-electron chi connectivity index (χ3n) is 7.37. The van der Waals surface area contributed by atoms with E-state index in [2.05, 4.69) is 14.9 Å². The molecule has 3 aliphatic heterocycles.